The molecule has 0 fully saturated rings. The summed E-state index contributed by atoms with van der Waals surface area (Å²) in [5.41, 5.74) is -0.0145. The number of aromatic nitrogens is 1. The summed E-state index contributed by atoms with van der Waals surface area (Å²) in [5, 5.41) is 3.17. The highest BCUT2D eigenvalue weighted by molar-refractivity contribution is 5.17. The van der Waals surface area contributed by atoms with Gasteiger partial charge in [-0.05, 0) is 24.6 Å². The Balaban J connectivity index is 2.81. The van der Waals surface area contributed by atoms with E-state index in [4.69, 9.17) is 0 Å². The van der Waals surface area contributed by atoms with Crippen molar-refractivity contribution in [1.82, 2.24) is 10.3 Å². The Hall–Kier alpha value is -1.10. The third kappa shape index (κ3) is 3.98. The van der Waals surface area contributed by atoms with Crippen LogP contribution in [-0.2, 0) is 12.6 Å². The van der Waals surface area contributed by atoms with E-state index < -0.39 is 11.7 Å². The van der Waals surface area contributed by atoms with Gasteiger partial charge < -0.3 is 5.32 Å². The molecule has 0 spiro atoms. The number of halogens is 3. The first kappa shape index (κ1) is 15.0. The summed E-state index contributed by atoms with van der Waals surface area (Å²) in [6.45, 7) is 6.24. The zero-order valence-electron chi connectivity index (χ0n) is 11.1. The van der Waals surface area contributed by atoms with Gasteiger partial charge in [-0.2, -0.15) is 13.2 Å². The summed E-state index contributed by atoms with van der Waals surface area (Å²) in [6, 6.07) is 2.69. The summed E-state index contributed by atoms with van der Waals surface area (Å²) >= 11 is 0. The van der Waals surface area contributed by atoms with Gasteiger partial charge in [-0.25, -0.2) is 0 Å². The zero-order chi connectivity index (χ0) is 14.0. The van der Waals surface area contributed by atoms with E-state index in [-0.39, 0.29) is 11.5 Å². The fourth-order valence-corrected chi connectivity index (χ4v) is 1.76. The largest absolute Gasteiger partial charge is 0.417 e. The third-order valence-electron chi connectivity index (χ3n) is 2.96. The summed E-state index contributed by atoms with van der Waals surface area (Å²) in [6.07, 6.45) is -2.82. The molecule has 102 valence electrons. The number of likely N-dealkylation sites (N-methyl/N-ethyl adjacent to an activating group) is 1. The minimum absolute atomic E-state index is 0.0269. The molecule has 0 saturated carbocycles. The maximum atomic E-state index is 12.4. The topological polar surface area (TPSA) is 24.9 Å². The molecule has 1 rings (SSSR count). The van der Waals surface area contributed by atoms with Crippen LogP contribution in [0.4, 0.5) is 13.2 Å². The molecule has 0 amide bonds. The normalized spacial score (nSPS) is 14.6. The summed E-state index contributed by atoms with van der Waals surface area (Å²) in [4.78, 5) is 3.89. The monoisotopic (exact) mass is 260 g/mol. The van der Waals surface area contributed by atoms with E-state index in [1.807, 2.05) is 7.05 Å². The number of hydrogen-bond acceptors (Lipinski definition) is 2. The maximum Gasteiger partial charge on any atom is 0.417 e. The molecule has 0 radical (unpaired) electrons. The molecule has 18 heavy (non-hydrogen) atoms. The first-order valence-corrected chi connectivity index (χ1v) is 5.84. The van der Waals surface area contributed by atoms with Crippen LogP contribution >= 0.6 is 0 Å². The highest BCUT2D eigenvalue weighted by Gasteiger charge is 2.31. The van der Waals surface area contributed by atoms with Crippen molar-refractivity contribution in [2.24, 2.45) is 5.41 Å². The van der Waals surface area contributed by atoms with Crippen LogP contribution < -0.4 is 5.32 Å². The van der Waals surface area contributed by atoms with E-state index in [1.165, 1.54) is 6.07 Å². The van der Waals surface area contributed by atoms with Gasteiger partial charge >= 0.3 is 6.18 Å². The molecule has 0 aliphatic rings. The van der Waals surface area contributed by atoms with Crippen LogP contribution in [0.2, 0.25) is 0 Å². The Kier molecular flexibility index (Phi) is 4.37. The second kappa shape index (κ2) is 5.26. The van der Waals surface area contributed by atoms with Crippen LogP contribution in [0, 0.1) is 5.41 Å². The van der Waals surface area contributed by atoms with E-state index in [2.05, 4.69) is 31.1 Å². The molecule has 2 nitrogen and oxygen atoms in total. The predicted molar refractivity (Wildman–Crippen MR) is 65.2 cm³/mol. The van der Waals surface area contributed by atoms with Gasteiger partial charge in [0.15, 0.2) is 0 Å². The van der Waals surface area contributed by atoms with Crippen molar-refractivity contribution in [3.8, 4) is 0 Å². The van der Waals surface area contributed by atoms with Gasteiger partial charge in [-0.15, -0.1) is 0 Å². The average molecular weight is 260 g/mol. The second-order valence-electron chi connectivity index (χ2n) is 5.45. The van der Waals surface area contributed by atoms with Crippen molar-refractivity contribution < 1.29 is 13.2 Å². The molecular weight excluding hydrogens is 241 g/mol. The predicted octanol–water partition coefficient (Wildman–Crippen LogP) is 3.28. The lowest BCUT2D eigenvalue weighted by Gasteiger charge is -2.30. The van der Waals surface area contributed by atoms with Gasteiger partial charge in [0.1, 0.15) is 0 Å². The summed E-state index contributed by atoms with van der Waals surface area (Å²) in [5.74, 6) is 0. The SMILES string of the molecule is CNC(Cc1ccc(C(F)(F)F)cn1)C(C)(C)C. The Bertz CT molecular complexity index is 377. The molecule has 5 heteroatoms. The Morgan fingerprint density at radius 3 is 2.17 bits per heavy atom. The van der Waals surface area contributed by atoms with E-state index in [0.29, 0.717) is 12.1 Å². The fraction of sp³-hybridized carbons (Fsp3) is 0.615. The minimum atomic E-state index is -4.32. The molecule has 0 bridgehead atoms. The van der Waals surface area contributed by atoms with E-state index in [1.54, 1.807) is 0 Å². The number of pyridine rings is 1. The van der Waals surface area contributed by atoms with E-state index in [0.717, 1.165) is 12.3 Å². The van der Waals surface area contributed by atoms with Crippen LogP contribution in [-0.4, -0.2) is 18.1 Å². The minimum Gasteiger partial charge on any atom is -0.316 e. The van der Waals surface area contributed by atoms with Crippen LogP contribution in [0.5, 0.6) is 0 Å². The third-order valence-corrected chi connectivity index (χ3v) is 2.96. The Morgan fingerprint density at radius 2 is 1.83 bits per heavy atom. The van der Waals surface area contributed by atoms with Gasteiger partial charge in [0.2, 0.25) is 0 Å². The van der Waals surface area contributed by atoms with E-state index in [9.17, 15) is 13.2 Å². The number of hydrogen-bond donors (Lipinski definition) is 1. The van der Waals surface area contributed by atoms with Crippen molar-refractivity contribution in [1.29, 1.82) is 0 Å². The van der Waals surface area contributed by atoms with Crippen molar-refractivity contribution in [2.45, 2.75) is 39.4 Å². The Labute approximate surface area is 106 Å². The molecule has 1 atom stereocenters. The molecule has 1 aromatic rings. The molecule has 0 saturated heterocycles. The van der Waals surface area contributed by atoms with Crippen molar-refractivity contribution in [3.05, 3.63) is 29.6 Å². The van der Waals surface area contributed by atoms with Gasteiger partial charge in [0.25, 0.3) is 0 Å². The highest BCUT2D eigenvalue weighted by Crippen LogP contribution is 2.29. The molecule has 1 N–H and O–H groups in total. The average Bonchev–Trinajstić information content (AvgIpc) is 2.23. The first-order valence-electron chi connectivity index (χ1n) is 5.84. The molecule has 0 aliphatic heterocycles. The quantitative estimate of drug-likeness (QED) is 0.902. The lowest BCUT2D eigenvalue weighted by atomic mass is 9.84. The second-order valence-corrected chi connectivity index (χ2v) is 5.45. The van der Waals surface area contributed by atoms with Gasteiger partial charge in [-0.1, -0.05) is 20.8 Å². The number of rotatable bonds is 3. The van der Waals surface area contributed by atoms with Crippen LogP contribution in [0.3, 0.4) is 0 Å². The molecule has 0 aromatic carbocycles. The number of nitrogens with zero attached hydrogens (tertiary/aromatic N) is 1. The highest BCUT2D eigenvalue weighted by atomic mass is 19.4. The Morgan fingerprint density at radius 1 is 1.22 bits per heavy atom. The standard InChI is InChI=1S/C13H19F3N2/c1-12(2,3)11(17-4)7-10-6-5-9(8-18-10)13(14,15)16/h5-6,8,11,17H,7H2,1-4H3. The lowest BCUT2D eigenvalue weighted by Crippen LogP contribution is -2.40. The van der Waals surface area contributed by atoms with Crippen molar-refractivity contribution in [2.75, 3.05) is 7.05 Å². The van der Waals surface area contributed by atoms with E-state index >= 15 is 0 Å². The van der Waals surface area contributed by atoms with Crippen LogP contribution in [0.25, 0.3) is 0 Å². The summed E-state index contributed by atoms with van der Waals surface area (Å²) < 4.78 is 37.2. The first-order chi connectivity index (χ1) is 8.14. The molecular formula is C13H19F3N2. The van der Waals surface area contributed by atoms with Crippen LogP contribution in [0.15, 0.2) is 18.3 Å². The summed E-state index contributed by atoms with van der Waals surface area (Å²) in [7, 11) is 1.85. The number of nitrogens with one attached hydrogen (secondary N) is 1. The van der Waals surface area contributed by atoms with Crippen molar-refractivity contribution >= 4 is 0 Å². The smallest absolute Gasteiger partial charge is 0.316 e. The molecule has 0 aliphatic carbocycles. The van der Waals surface area contributed by atoms with Gasteiger partial charge in [0.05, 0.1) is 5.56 Å². The van der Waals surface area contributed by atoms with Crippen molar-refractivity contribution in [3.63, 3.8) is 0 Å². The molecule has 1 heterocycles. The maximum absolute atomic E-state index is 12.4. The fourth-order valence-electron chi connectivity index (χ4n) is 1.76. The zero-order valence-corrected chi connectivity index (χ0v) is 11.1. The van der Waals surface area contributed by atoms with Crippen LogP contribution in [0.1, 0.15) is 32.0 Å². The lowest BCUT2D eigenvalue weighted by molar-refractivity contribution is -0.137. The van der Waals surface area contributed by atoms with Gasteiger partial charge in [0, 0.05) is 24.4 Å². The number of alkyl halides is 3. The van der Waals surface area contributed by atoms with Gasteiger partial charge in [-0.3, -0.25) is 4.98 Å². The molecule has 1 unspecified atom stereocenters. The molecule has 1 aromatic heterocycles.